The molecule has 0 spiro atoms. The van der Waals surface area contributed by atoms with Crippen molar-refractivity contribution >= 4 is 82.9 Å². The molecular formula is C57H37NO3. The summed E-state index contributed by atoms with van der Waals surface area (Å²) in [6, 6.07) is 67.1. The zero-order valence-corrected chi connectivity index (χ0v) is 33.6. The molecule has 61 heavy (non-hydrogen) atoms. The van der Waals surface area contributed by atoms with Crippen molar-refractivity contribution in [3.05, 3.63) is 199 Å². The summed E-state index contributed by atoms with van der Waals surface area (Å²) in [6.07, 6.45) is 0. The lowest BCUT2D eigenvalue weighted by Gasteiger charge is -2.28. The lowest BCUT2D eigenvalue weighted by Crippen LogP contribution is -2.16. The van der Waals surface area contributed by atoms with E-state index in [0.717, 1.165) is 99.6 Å². The number of benzene rings is 9. The van der Waals surface area contributed by atoms with Gasteiger partial charge in [-0.25, -0.2) is 0 Å². The fourth-order valence-corrected chi connectivity index (χ4v) is 9.97. The highest BCUT2D eigenvalue weighted by atomic mass is 16.3. The Morgan fingerprint density at radius 2 is 0.820 bits per heavy atom. The maximum absolute atomic E-state index is 6.74. The van der Waals surface area contributed by atoms with Crippen LogP contribution in [0.2, 0.25) is 0 Å². The molecule has 1 aliphatic rings. The van der Waals surface area contributed by atoms with Crippen molar-refractivity contribution in [3.63, 3.8) is 0 Å². The van der Waals surface area contributed by atoms with Gasteiger partial charge in [0.2, 0.25) is 0 Å². The molecule has 9 aromatic carbocycles. The molecule has 3 aromatic heterocycles. The van der Waals surface area contributed by atoms with Crippen LogP contribution in [0.15, 0.2) is 201 Å². The molecule has 4 nitrogen and oxygen atoms in total. The first-order valence-electron chi connectivity index (χ1n) is 20.9. The van der Waals surface area contributed by atoms with Crippen LogP contribution >= 0.6 is 0 Å². The lowest BCUT2D eigenvalue weighted by molar-refractivity contribution is 0.660. The molecule has 0 radical (unpaired) electrons. The predicted octanol–water partition coefficient (Wildman–Crippen LogP) is 16.5. The number of anilines is 3. The topological polar surface area (TPSA) is 42.7 Å². The van der Waals surface area contributed by atoms with Crippen molar-refractivity contribution < 1.29 is 13.3 Å². The molecule has 0 atom stereocenters. The molecule has 0 saturated carbocycles. The Kier molecular flexibility index (Phi) is 7.04. The van der Waals surface area contributed by atoms with Crippen LogP contribution in [0.3, 0.4) is 0 Å². The van der Waals surface area contributed by atoms with Crippen LogP contribution in [0.1, 0.15) is 25.0 Å². The Labute approximate surface area is 351 Å². The van der Waals surface area contributed by atoms with E-state index >= 15 is 0 Å². The van der Waals surface area contributed by atoms with Gasteiger partial charge in [0.25, 0.3) is 0 Å². The average molecular weight is 784 g/mol. The summed E-state index contributed by atoms with van der Waals surface area (Å²) in [7, 11) is 0. The SMILES string of the molecule is CC1(C)c2ccccc2-c2ccc(N(c3ccc(-c4ccc5oc6ccccc6c5c4)cc3)c3ccc4c(c3)oc3cc5c(cc34)oc3cc(-c4ccccc4)ccc35)cc21. The van der Waals surface area contributed by atoms with E-state index < -0.39 is 0 Å². The molecular weight excluding hydrogens is 747 g/mol. The average Bonchev–Trinajstić information content (AvgIpc) is 4.03. The first-order chi connectivity index (χ1) is 29.9. The fourth-order valence-electron chi connectivity index (χ4n) is 9.97. The Morgan fingerprint density at radius 3 is 1.64 bits per heavy atom. The molecule has 0 unspecified atom stereocenters. The largest absolute Gasteiger partial charge is 0.456 e. The van der Waals surface area contributed by atoms with Crippen LogP contribution in [-0.2, 0) is 5.41 Å². The number of para-hydroxylation sites is 1. The molecule has 0 aliphatic heterocycles. The first kappa shape index (κ1) is 34.1. The lowest BCUT2D eigenvalue weighted by atomic mass is 9.82. The van der Waals surface area contributed by atoms with Crippen LogP contribution in [0, 0.1) is 0 Å². The van der Waals surface area contributed by atoms with E-state index in [1.54, 1.807) is 0 Å². The molecule has 0 saturated heterocycles. The van der Waals surface area contributed by atoms with E-state index in [2.05, 4.69) is 189 Å². The molecule has 0 bridgehead atoms. The van der Waals surface area contributed by atoms with Crippen molar-refractivity contribution in [3.8, 4) is 33.4 Å². The van der Waals surface area contributed by atoms with Crippen LogP contribution < -0.4 is 4.90 Å². The fraction of sp³-hybridized carbons (Fsp3) is 0.0526. The number of rotatable bonds is 5. The molecule has 3 heterocycles. The molecule has 0 N–H and O–H groups in total. The standard InChI is InChI=1S/C57H37NO3/c1-57(2)49-14-8-6-12-41(49)42-25-22-39(30-50(42)57)58(38-20-16-35(17-21-38)36-19-27-52-46(28-36)43-13-7-9-15-51(43)59-52)40-23-26-45-48-33-55-47(32-56(48)61-54(45)31-40)44-24-18-37(29-53(44)60-55)34-10-4-3-5-11-34/h3-33H,1-2H3. The van der Waals surface area contributed by atoms with Crippen molar-refractivity contribution in [2.75, 3.05) is 4.90 Å². The Morgan fingerprint density at radius 1 is 0.311 bits per heavy atom. The Bertz CT molecular complexity index is 3730. The van der Waals surface area contributed by atoms with E-state index in [-0.39, 0.29) is 5.41 Å². The highest BCUT2D eigenvalue weighted by molar-refractivity contribution is 6.15. The molecule has 12 aromatic rings. The second-order valence-corrected chi connectivity index (χ2v) is 16.9. The summed E-state index contributed by atoms with van der Waals surface area (Å²) in [5, 5.41) is 6.46. The summed E-state index contributed by atoms with van der Waals surface area (Å²) in [5.41, 5.74) is 18.1. The number of hydrogen-bond acceptors (Lipinski definition) is 4. The monoisotopic (exact) mass is 783 g/mol. The molecule has 4 heteroatoms. The minimum atomic E-state index is -0.139. The van der Waals surface area contributed by atoms with Crippen LogP contribution in [0.5, 0.6) is 0 Å². The van der Waals surface area contributed by atoms with Gasteiger partial charge in [0.15, 0.2) is 0 Å². The molecule has 1 aliphatic carbocycles. The van der Waals surface area contributed by atoms with Crippen molar-refractivity contribution in [1.82, 2.24) is 0 Å². The Hall–Kier alpha value is -7.82. The summed E-state index contributed by atoms with van der Waals surface area (Å²) in [6.45, 7) is 4.67. The number of fused-ring (bicyclic) bond motifs is 12. The highest BCUT2D eigenvalue weighted by Crippen LogP contribution is 2.51. The quantitative estimate of drug-likeness (QED) is 0.174. The van der Waals surface area contributed by atoms with Crippen molar-refractivity contribution in [2.24, 2.45) is 0 Å². The van der Waals surface area contributed by atoms with Crippen LogP contribution in [0.4, 0.5) is 17.1 Å². The third kappa shape index (κ3) is 5.12. The minimum Gasteiger partial charge on any atom is -0.456 e. The second kappa shape index (κ2) is 12.6. The zero-order valence-electron chi connectivity index (χ0n) is 33.6. The third-order valence-electron chi connectivity index (χ3n) is 13.1. The molecule has 0 fully saturated rings. The van der Waals surface area contributed by atoms with Gasteiger partial charge in [-0.3, -0.25) is 0 Å². The van der Waals surface area contributed by atoms with Gasteiger partial charge in [-0.05, 0) is 123 Å². The van der Waals surface area contributed by atoms with Crippen LogP contribution in [-0.4, -0.2) is 0 Å². The van der Waals surface area contributed by atoms with Gasteiger partial charge < -0.3 is 18.2 Å². The van der Waals surface area contributed by atoms with Gasteiger partial charge in [0.1, 0.15) is 33.5 Å². The van der Waals surface area contributed by atoms with E-state index in [1.165, 1.54) is 27.8 Å². The molecule has 0 amide bonds. The predicted molar refractivity (Wildman–Crippen MR) is 251 cm³/mol. The summed E-state index contributed by atoms with van der Waals surface area (Å²) in [4.78, 5) is 2.35. The van der Waals surface area contributed by atoms with Crippen LogP contribution in [0.25, 0.3) is 99.2 Å². The van der Waals surface area contributed by atoms with Gasteiger partial charge in [0.05, 0.1) is 0 Å². The van der Waals surface area contributed by atoms with Gasteiger partial charge in [-0.15, -0.1) is 0 Å². The normalized spacial score (nSPS) is 13.2. The second-order valence-electron chi connectivity index (χ2n) is 16.9. The van der Waals surface area contributed by atoms with Gasteiger partial charge in [0, 0.05) is 60.9 Å². The Balaban J connectivity index is 0.933. The zero-order chi connectivity index (χ0) is 40.4. The van der Waals surface area contributed by atoms with E-state index in [9.17, 15) is 0 Å². The summed E-state index contributed by atoms with van der Waals surface area (Å²) in [5.74, 6) is 0. The van der Waals surface area contributed by atoms with Crippen molar-refractivity contribution in [1.29, 1.82) is 0 Å². The van der Waals surface area contributed by atoms with Crippen molar-refractivity contribution in [2.45, 2.75) is 19.3 Å². The van der Waals surface area contributed by atoms with E-state index in [1.807, 2.05) is 18.2 Å². The number of hydrogen-bond donors (Lipinski definition) is 0. The van der Waals surface area contributed by atoms with Gasteiger partial charge in [-0.2, -0.15) is 0 Å². The maximum Gasteiger partial charge on any atom is 0.137 e. The summed E-state index contributed by atoms with van der Waals surface area (Å²) < 4.78 is 19.4. The number of furan rings is 3. The molecule has 13 rings (SSSR count). The highest BCUT2D eigenvalue weighted by Gasteiger charge is 2.35. The summed E-state index contributed by atoms with van der Waals surface area (Å²) >= 11 is 0. The van der Waals surface area contributed by atoms with E-state index in [4.69, 9.17) is 13.3 Å². The van der Waals surface area contributed by atoms with Gasteiger partial charge >= 0.3 is 0 Å². The first-order valence-corrected chi connectivity index (χ1v) is 20.9. The number of nitrogens with zero attached hydrogens (tertiary/aromatic N) is 1. The van der Waals surface area contributed by atoms with E-state index in [0.29, 0.717) is 0 Å². The smallest absolute Gasteiger partial charge is 0.137 e. The third-order valence-corrected chi connectivity index (χ3v) is 13.1. The maximum atomic E-state index is 6.74. The minimum absolute atomic E-state index is 0.139. The molecule has 288 valence electrons. The van der Waals surface area contributed by atoms with Gasteiger partial charge in [-0.1, -0.05) is 117 Å².